The second kappa shape index (κ2) is 9.20. The van der Waals surface area contributed by atoms with Crippen molar-refractivity contribution >= 4 is 5.91 Å². The number of rotatable bonds is 9. The number of benzene rings is 1. The van der Waals surface area contributed by atoms with Crippen molar-refractivity contribution in [3.63, 3.8) is 0 Å². The molecule has 110 valence electrons. The first-order valence-corrected chi connectivity index (χ1v) is 6.32. The summed E-state index contributed by atoms with van der Waals surface area (Å²) >= 11 is 0. The van der Waals surface area contributed by atoms with Crippen molar-refractivity contribution in [3.8, 4) is 11.8 Å². The monoisotopic (exact) mass is 288 g/mol. The standard InChI is InChI=1S/C13H16N6O2/c14-8-12(17-6-1-7-18-19-16)10-2-4-11(5-3-10)21-9-13(15)20/h2-5,12,17H,1,6-7,9H2,(H2,15,20). The summed E-state index contributed by atoms with van der Waals surface area (Å²) in [5, 5.41) is 15.6. The van der Waals surface area contributed by atoms with Crippen molar-refractivity contribution < 1.29 is 9.53 Å². The molecule has 1 aromatic carbocycles. The lowest BCUT2D eigenvalue weighted by atomic mass is 10.1. The third-order valence-electron chi connectivity index (χ3n) is 2.57. The molecule has 21 heavy (non-hydrogen) atoms. The molecular weight excluding hydrogens is 272 g/mol. The Morgan fingerprint density at radius 1 is 1.52 bits per heavy atom. The molecule has 1 rings (SSSR count). The number of nitrogens with one attached hydrogen (secondary N) is 1. The van der Waals surface area contributed by atoms with Crippen LogP contribution in [-0.2, 0) is 4.79 Å². The van der Waals surface area contributed by atoms with Gasteiger partial charge in [0, 0.05) is 11.5 Å². The van der Waals surface area contributed by atoms with E-state index in [9.17, 15) is 4.79 Å². The van der Waals surface area contributed by atoms with Crippen LogP contribution >= 0.6 is 0 Å². The van der Waals surface area contributed by atoms with Crippen molar-refractivity contribution in [3.05, 3.63) is 40.3 Å². The van der Waals surface area contributed by atoms with Crippen molar-refractivity contribution in [2.24, 2.45) is 10.8 Å². The minimum atomic E-state index is -0.546. The molecule has 0 aliphatic rings. The topological polar surface area (TPSA) is 137 Å². The predicted molar refractivity (Wildman–Crippen MR) is 76.1 cm³/mol. The number of ether oxygens (including phenoxy) is 1. The zero-order valence-electron chi connectivity index (χ0n) is 11.4. The zero-order chi connectivity index (χ0) is 15.5. The van der Waals surface area contributed by atoms with Crippen LogP contribution in [0.15, 0.2) is 29.4 Å². The number of amides is 1. The normalized spacial score (nSPS) is 11.0. The summed E-state index contributed by atoms with van der Waals surface area (Å²) in [5.41, 5.74) is 13.9. The fourth-order valence-corrected chi connectivity index (χ4v) is 1.59. The summed E-state index contributed by atoms with van der Waals surface area (Å²) in [5.74, 6) is -0.0340. The first-order chi connectivity index (χ1) is 10.2. The predicted octanol–water partition coefficient (Wildman–Crippen LogP) is 1.41. The molecule has 0 fully saturated rings. The van der Waals surface area contributed by atoms with Crippen LogP contribution < -0.4 is 15.8 Å². The van der Waals surface area contributed by atoms with Gasteiger partial charge >= 0.3 is 0 Å². The molecule has 1 aromatic rings. The number of primary amides is 1. The average molecular weight is 288 g/mol. The van der Waals surface area contributed by atoms with Gasteiger partial charge in [-0.3, -0.25) is 10.1 Å². The molecule has 0 radical (unpaired) electrons. The highest BCUT2D eigenvalue weighted by Crippen LogP contribution is 2.17. The Kier molecular flexibility index (Phi) is 7.14. The van der Waals surface area contributed by atoms with E-state index >= 15 is 0 Å². The van der Waals surface area contributed by atoms with Crippen molar-refractivity contribution in [1.82, 2.24) is 5.32 Å². The van der Waals surface area contributed by atoms with E-state index in [1.807, 2.05) is 0 Å². The summed E-state index contributed by atoms with van der Waals surface area (Å²) in [6, 6.07) is 8.52. The molecule has 0 aliphatic carbocycles. The summed E-state index contributed by atoms with van der Waals surface area (Å²) in [7, 11) is 0. The van der Waals surface area contributed by atoms with Crippen LogP contribution in [0.1, 0.15) is 18.0 Å². The van der Waals surface area contributed by atoms with Gasteiger partial charge in [-0.1, -0.05) is 17.2 Å². The summed E-state index contributed by atoms with van der Waals surface area (Å²) in [4.78, 5) is 13.3. The first-order valence-electron chi connectivity index (χ1n) is 6.32. The van der Waals surface area contributed by atoms with Gasteiger partial charge in [0.05, 0.1) is 6.07 Å². The van der Waals surface area contributed by atoms with Crippen LogP contribution in [0.5, 0.6) is 5.75 Å². The molecule has 8 heteroatoms. The van der Waals surface area contributed by atoms with E-state index in [0.717, 1.165) is 5.56 Å². The lowest BCUT2D eigenvalue weighted by Crippen LogP contribution is -2.22. The molecule has 1 amide bonds. The minimum absolute atomic E-state index is 0.182. The van der Waals surface area contributed by atoms with Gasteiger partial charge in [-0.05, 0) is 36.2 Å². The third kappa shape index (κ3) is 6.29. The number of nitriles is 1. The fraction of sp³-hybridized carbons (Fsp3) is 0.385. The fourth-order valence-electron chi connectivity index (χ4n) is 1.59. The summed E-state index contributed by atoms with van der Waals surface area (Å²) in [6.45, 7) is 0.775. The van der Waals surface area contributed by atoms with E-state index in [4.69, 9.17) is 21.3 Å². The maximum Gasteiger partial charge on any atom is 0.255 e. The minimum Gasteiger partial charge on any atom is -0.484 e. The highest BCUT2D eigenvalue weighted by atomic mass is 16.5. The molecule has 0 saturated carbocycles. The summed E-state index contributed by atoms with van der Waals surface area (Å²) < 4.78 is 5.14. The largest absolute Gasteiger partial charge is 0.484 e. The molecule has 0 heterocycles. The van der Waals surface area contributed by atoms with Gasteiger partial charge in [-0.25, -0.2) is 0 Å². The van der Waals surface area contributed by atoms with Gasteiger partial charge in [0.15, 0.2) is 6.61 Å². The van der Waals surface area contributed by atoms with Crippen molar-refractivity contribution in [1.29, 1.82) is 5.26 Å². The number of nitrogens with zero attached hydrogens (tertiary/aromatic N) is 4. The Hall–Kier alpha value is -2.75. The van der Waals surface area contributed by atoms with Crippen LogP contribution in [0.2, 0.25) is 0 Å². The second-order valence-corrected chi connectivity index (χ2v) is 4.15. The lowest BCUT2D eigenvalue weighted by molar-refractivity contribution is -0.119. The summed E-state index contributed by atoms with van der Waals surface area (Å²) in [6.07, 6.45) is 0.655. The SMILES string of the molecule is N#CC(NCCCN=[N+]=[N-])c1ccc(OCC(N)=O)cc1. The molecule has 1 atom stereocenters. The molecule has 0 spiro atoms. The molecule has 8 nitrogen and oxygen atoms in total. The lowest BCUT2D eigenvalue weighted by Gasteiger charge is -2.12. The third-order valence-corrected chi connectivity index (χ3v) is 2.57. The number of hydrogen-bond acceptors (Lipinski definition) is 5. The van der Waals surface area contributed by atoms with E-state index in [1.54, 1.807) is 24.3 Å². The van der Waals surface area contributed by atoms with Gasteiger partial charge < -0.3 is 10.5 Å². The molecule has 0 aliphatic heterocycles. The van der Waals surface area contributed by atoms with Crippen molar-refractivity contribution in [2.45, 2.75) is 12.5 Å². The van der Waals surface area contributed by atoms with Crippen molar-refractivity contribution in [2.75, 3.05) is 19.7 Å². The Labute approximate surface area is 122 Å². The van der Waals surface area contributed by atoms with Crippen LogP contribution in [-0.4, -0.2) is 25.6 Å². The zero-order valence-corrected chi connectivity index (χ0v) is 11.4. The van der Waals surface area contributed by atoms with Crippen LogP contribution in [0, 0.1) is 11.3 Å². The van der Waals surface area contributed by atoms with Crippen LogP contribution in [0.3, 0.4) is 0 Å². The van der Waals surface area contributed by atoms with Crippen LogP contribution in [0.4, 0.5) is 0 Å². The Balaban J connectivity index is 2.51. The van der Waals surface area contributed by atoms with Gasteiger partial charge in [-0.15, -0.1) is 0 Å². The molecule has 1 unspecified atom stereocenters. The Morgan fingerprint density at radius 3 is 2.81 bits per heavy atom. The van der Waals surface area contributed by atoms with Gasteiger partial charge in [0.25, 0.3) is 5.91 Å². The van der Waals surface area contributed by atoms with E-state index in [-0.39, 0.29) is 6.61 Å². The number of hydrogen-bond donors (Lipinski definition) is 2. The van der Waals surface area contributed by atoms with Crippen LogP contribution in [0.25, 0.3) is 10.4 Å². The molecule has 0 saturated heterocycles. The Morgan fingerprint density at radius 2 is 2.24 bits per heavy atom. The quantitative estimate of drug-likeness (QED) is 0.307. The van der Waals surface area contributed by atoms with Gasteiger partial charge in [-0.2, -0.15) is 5.26 Å². The molecule has 0 aromatic heterocycles. The van der Waals surface area contributed by atoms with Gasteiger partial charge in [0.2, 0.25) is 0 Å². The number of azide groups is 1. The number of nitrogens with two attached hydrogens (primary N) is 1. The second-order valence-electron chi connectivity index (χ2n) is 4.15. The smallest absolute Gasteiger partial charge is 0.255 e. The molecule has 0 bridgehead atoms. The Bertz CT molecular complexity index is 545. The highest BCUT2D eigenvalue weighted by molar-refractivity contribution is 5.75. The maximum atomic E-state index is 10.6. The number of carbonyl (C=O) groups excluding carboxylic acids is 1. The highest BCUT2D eigenvalue weighted by Gasteiger charge is 2.09. The molecular formula is C13H16N6O2. The number of carbonyl (C=O) groups is 1. The van der Waals surface area contributed by atoms with Gasteiger partial charge in [0.1, 0.15) is 11.8 Å². The van der Waals surface area contributed by atoms with E-state index < -0.39 is 11.9 Å². The first kappa shape index (κ1) is 16.3. The maximum absolute atomic E-state index is 10.6. The van der Waals surface area contributed by atoms with E-state index in [1.165, 1.54) is 0 Å². The molecule has 3 N–H and O–H groups in total. The average Bonchev–Trinajstić information content (AvgIpc) is 2.49. The van der Waals surface area contributed by atoms with E-state index in [2.05, 4.69) is 21.4 Å². The van der Waals surface area contributed by atoms with E-state index in [0.29, 0.717) is 25.3 Å².